The van der Waals surface area contributed by atoms with E-state index in [4.69, 9.17) is 11.0 Å². The molecule has 5 nitrogen and oxygen atoms in total. The van der Waals surface area contributed by atoms with E-state index in [1.54, 1.807) is 13.1 Å². The molecule has 2 aromatic rings. The fraction of sp³-hybridized carbons (Fsp3) is 0.333. The van der Waals surface area contributed by atoms with Gasteiger partial charge in [-0.1, -0.05) is 0 Å². The van der Waals surface area contributed by atoms with Crippen molar-refractivity contribution in [2.45, 2.75) is 12.7 Å². The molecule has 1 aromatic carbocycles. The number of nitrogens with zero attached hydrogens (tertiary/aromatic N) is 3. The Morgan fingerprint density at radius 2 is 2.08 bits per heavy atom. The Morgan fingerprint density at radius 3 is 2.67 bits per heavy atom. The maximum Gasteiger partial charge on any atom is 0.419 e. The van der Waals surface area contributed by atoms with Gasteiger partial charge in [0.15, 0.2) is 0 Å². The van der Waals surface area contributed by atoms with Crippen molar-refractivity contribution in [3.8, 4) is 17.3 Å². The van der Waals surface area contributed by atoms with Gasteiger partial charge >= 0.3 is 6.18 Å². The predicted molar refractivity (Wildman–Crippen MR) is 79.1 cm³/mol. The third-order valence-corrected chi connectivity index (χ3v) is 3.47. The van der Waals surface area contributed by atoms with Gasteiger partial charge in [-0.15, -0.1) is 0 Å². The van der Waals surface area contributed by atoms with Crippen molar-refractivity contribution in [2.24, 2.45) is 5.73 Å². The van der Waals surface area contributed by atoms with E-state index in [2.05, 4.69) is 10.2 Å². The fourth-order valence-electron chi connectivity index (χ4n) is 2.34. The Kier molecular flexibility index (Phi) is 5.21. The molecule has 1 heterocycles. The van der Waals surface area contributed by atoms with E-state index < -0.39 is 17.6 Å². The zero-order valence-corrected chi connectivity index (χ0v) is 12.8. The number of alkyl halides is 3. The molecule has 0 saturated heterocycles. The standard InChI is InChI=1S/C15H15F4N5/c1-24(3-2-20)8-10-7-22-23-14(10)11-5-12(15(17,18)19)13(16)4-9(11)6-21/h4-5,7H,2-3,8,20H2,1H3,(H,22,23). The summed E-state index contributed by atoms with van der Waals surface area (Å²) in [6.07, 6.45) is -3.40. The second-order valence-electron chi connectivity index (χ2n) is 5.28. The van der Waals surface area contributed by atoms with E-state index in [9.17, 15) is 17.6 Å². The maximum absolute atomic E-state index is 13.6. The summed E-state index contributed by atoms with van der Waals surface area (Å²) in [6.45, 7) is 1.36. The van der Waals surface area contributed by atoms with Crippen molar-refractivity contribution < 1.29 is 17.6 Å². The third-order valence-electron chi connectivity index (χ3n) is 3.47. The number of hydrogen-bond acceptors (Lipinski definition) is 4. The minimum atomic E-state index is -4.86. The van der Waals surface area contributed by atoms with Gasteiger partial charge in [0.25, 0.3) is 0 Å². The van der Waals surface area contributed by atoms with Gasteiger partial charge in [0.2, 0.25) is 0 Å². The van der Waals surface area contributed by atoms with Crippen molar-refractivity contribution in [3.05, 3.63) is 40.8 Å². The molecule has 0 aliphatic heterocycles. The molecule has 0 aliphatic rings. The summed E-state index contributed by atoms with van der Waals surface area (Å²) in [6, 6.07) is 2.94. The maximum atomic E-state index is 13.6. The molecule has 0 radical (unpaired) electrons. The first-order valence-corrected chi connectivity index (χ1v) is 7.00. The van der Waals surface area contributed by atoms with Crippen LogP contribution in [0.4, 0.5) is 17.6 Å². The summed E-state index contributed by atoms with van der Waals surface area (Å²) in [5.41, 5.74) is 4.63. The van der Waals surface area contributed by atoms with E-state index in [1.165, 1.54) is 6.20 Å². The quantitative estimate of drug-likeness (QED) is 0.819. The average Bonchev–Trinajstić information content (AvgIpc) is 2.93. The Hall–Kier alpha value is -2.44. The topological polar surface area (TPSA) is 81.7 Å². The van der Waals surface area contributed by atoms with E-state index in [0.29, 0.717) is 37.3 Å². The average molecular weight is 341 g/mol. The van der Waals surface area contributed by atoms with Gasteiger partial charge < -0.3 is 10.6 Å². The molecular weight excluding hydrogens is 326 g/mol. The summed E-state index contributed by atoms with van der Waals surface area (Å²) < 4.78 is 52.5. The lowest BCUT2D eigenvalue weighted by Crippen LogP contribution is -2.25. The molecule has 0 aliphatic carbocycles. The molecule has 0 saturated carbocycles. The molecule has 24 heavy (non-hydrogen) atoms. The minimum absolute atomic E-state index is 0.0418. The van der Waals surface area contributed by atoms with Crippen molar-refractivity contribution >= 4 is 0 Å². The van der Waals surface area contributed by atoms with Crippen LogP contribution in [0, 0.1) is 17.1 Å². The van der Waals surface area contributed by atoms with Gasteiger partial charge in [-0.05, 0) is 19.2 Å². The second kappa shape index (κ2) is 6.98. The summed E-state index contributed by atoms with van der Waals surface area (Å²) in [7, 11) is 1.79. The van der Waals surface area contributed by atoms with Gasteiger partial charge in [0.1, 0.15) is 5.82 Å². The molecule has 9 heteroatoms. The molecule has 3 N–H and O–H groups in total. The van der Waals surface area contributed by atoms with Crippen LogP contribution in [0.15, 0.2) is 18.3 Å². The number of aromatic nitrogens is 2. The van der Waals surface area contributed by atoms with Gasteiger partial charge in [-0.25, -0.2) is 4.39 Å². The largest absolute Gasteiger partial charge is 0.419 e. The SMILES string of the molecule is CN(CCN)Cc1cn[nH]c1-c1cc(C(F)(F)F)c(F)cc1C#N. The third kappa shape index (κ3) is 3.72. The Bertz CT molecular complexity index is 760. The van der Waals surface area contributed by atoms with Crippen molar-refractivity contribution in [1.82, 2.24) is 15.1 Å². The summed E-state index contributed by atoms with van der Waals surface area (Å²) in [5, 5.41) is 15.6. The minimum Gasteiger partial charge on any atom is -0.329 e. The lowest BCUT2D eigenvalue weighted by Gasteiger charge is -2.16. The van der Waals surface area contributed by atoms with Crippen LogP contribution >= 0.6 is 0 Å². The van der Waals surface area contributed by atoms with E-state index in [0.717, 1.165) is 0 Å². The zero-order valence-electron chi connectivity index (χ0n) is 12.8. The number of aromatic amines is 1. The summed E-state index contributed by atoms with van der Waals surface area (Å²) in [5.74, 6) is -1.48. The number of H-pyrrole nitrogens is 1. The van der Waals surface area contributed by atoms with Gasteiger partial charge in [0.05, 0.1) is 29.1 Å². The zero-order chi connectivity index (χ0) is 17.9. The normalized spacial score (nSPS) is 11.8. The van der Waals surface area contributed by atoms with Crippen LogP contribution in [0.2, 0.25) is 0 Å². The molecular formula is C15H15F4N5. The van der Waals surface area contributed by atoms with E-state index in [-0.39, 0.29) is 16.8 Å². The Labute approximate surface area is 135 Å². The lowest BCUT2D eigenvalue weighted by molar-refractivity contribution is -0.139. The number of nitriles is 1. The molecule has 128 valence electrons. The molecule has 0 atom stereocenters. The van der Waals surface area contributed by atoms with E-state index >= 15 is 0 Å². The highest BCUT2D eigenvalue weighted by molar-refractivity contribution is 5.71. The number of benzene rings is 1. The molecule has 0 amide bonds. The first-order valence-electron chi connectivity index (χ1n) is 7.00. The number of likely N-dealkylation sites (N-methyl/N-ethyl adjacent to an activating group) is 1. The van der Waals surface area contributed by atoms with Crippen molar-refractivity contribution in [3.63, 3.8) is 0 Å². The predicted octanol–water partition coefficient (Wildman–Crippen LogP) is 2.50. The molecule has 2 rings (SSSR count). The van der Waals surface area contributed by atoms with Crippen molar-refractivity contribution in [2.75, 3.05) is 20.1 Å². The van der Waals surface area contributed by atoms with Crippen LogP contribution in [0.3, 0.4) is 0 Å². The van der Waals surface area contributed by atoms with Crippen LogP contribution in [0.25, 0.3) is 11.3 Å². The van der Waals surface area contributed by atoms with Crippen LogP contribution in [0.5, 0.6) is 0 Å². The second-order valence-corrected chi connectivity index (χ2v) is 5.28. The highest BCUT2D eigenvalue weighted by Crippen LogP contribution is 2.36. The number of nitrogens with one attached hydrogen (secondary N) is 1. The van der Waals surface area contributed by atoms with Crippen LogP contribution in [0.1, 0.15) is 16.7 Å². The van der Waals surface area contributed by atoms with Gasteiger partial charge in [-0.2, -0.15) is 23.5 Å². The van der Waals surface area contributed by atoms with Gasteiger partial charge in [-0.3, -0.25) is 5.10 Å². The van der Waals surface area contributed by atoms with Crippen molar-refractivity contribution in [1.29, 1.82) is 5.26 Å². The molecule has 0 fully saturated rings. The van der Waals surface area contributed by atoms with Crippen LogP contribution in [-0.4, -0.2) is 35.2 Å². The number of nitrogens with two attached hydrogens (primary N) is 1. The number of rotatable bonds is 5. The first-order chi connectivity index (χ1) is 11.3. The monoisotopic (exact) mass is 341 g/mol. The highest BCUT2D eigenvalue weighted by atomic mass is 19.4. The fourth-order valence-corrected chi connectivity index (χ4v) is 2.34. The smallest absolute Gasteiger partial charge is 0.329 e. The highest BCUT2D eigenvalue weighted by Gasteiger charge is 2.35. The lowest BCUT2D eigenvalue weighted by atomic mass is 9.98. The number of halogens is 4. The molecule has 0 bridgehead atoms. The summed E-state index contributed by atoms with van der Waals surface area (Å²) in [4.78, 5) is 1.86. The Balaban J connectivity index is 2.53. The van der Waals surface area contributed by atoms with E-state index in [1.807, 2.05) is 4.90 Å². The molecule has 0 unspecified atom stereocenters. The van der Waals surface area contributed by atoms with Crippen LogP contribution < -0.4 is 5.73 Å². The van der Waals surface area contributed by atoms with Crippen LogP contribution in [-0.2, 0) is 12.7 Å². The first kappa shape index (κ1) is 17.9. The summed E-state index contributed by atoms with van der Waals surface area (Å²) >= 11 is 0. The molecule has 1 aromatic heterocycles. The number of hydrogen-bond donors (Lipinski definition) is 2. The van der Waals surface area contributed by atoms with Gasteiger partial charge in [0, 0.05) is 30.8 Å². The molecule has 0 spiro atoms. The Morgan fingerprint density at radius 1 is 1.38 bits per heavy atom.